The van der Waals surface area contributed by atoms with Crippen LogP contribution in [0, 0.1) is 12.8 Å². The molecule has 1 amide bonds. The fourth-order valence-electron chi connectivity index (χ4n) is 1.14. The van der Waals surface area contributed by atoms with Crippen molar-refractivity contribution in [2.75, 3.05) is 5.32 Å². The van der Waals surface area contributed by atoms with E-state index in [1.54, 1.807) is 10.9 Å². The van der Waals surface area contributed by atoms with Crippen molar-refractivity contribution in [3.05, 3.63) is 11.9 Å². The molecule has 5 nitrogen and oxygen atoms in total. The van der Waals surface area contributed by atoms with E-state index in [2.05, 4.69) is 10.4 Å². The van der Waals surface area contributed by atoms with Gasteiger partial charge in [-0.3, -0.25) is 9.48 Å². The first-order valence-corrected chi connectivity index (χ1v) is 4.98. The minimum absolute atomic E-state index is 0. The average molecular weight is 247 g/mol. The maximum Gasteiger partial charge on any atom is 0.241 e. The molecule has 1 rings (SSSR count). The summed E-state index contributed by atoms with van der Waals surface area (Å²) < 4.78 is 1.70. The molecule has 1 aromatic heterocycles. The minimum atomic E-state index is -0.482. The van der Waals surface area contributed by atoms with E-state index in [1.807, 2.05) is 27.8 Å². The number of nitrogens with zero attached hydrogens (tertiary/aromatic N) is 2. The van der Waals surface area contributed by atoms with Crippen LogP contribution in [0.2, 0.25) is 0 Å². The molecule has 0 aliphatic heterocycles. The first-order chi connectivity index (χ1) is 6.93. The summed E-state index contributed by atoms with van der Waals surface area (Å²) in [6.45, 7) is 5.73. The number of hydrogen-bond donors (Lipinski definition) is 2. The van der Waals surface area contributed by atoms with E-state index in [4.69, 9.17) is 5.73 Å². The van der Waals surface area contributed by atoms with Crippen molar-refractivity contribution in [3.63, 3.8) is 0 Å². The molecule has 0 spiro atoms. The molecule has 0 fully saturated rings. The van der Waals surface area contributed by atoms with Crippen molar-refractivity contribution in [3.8, 4) is 0 Å². The zero-order chi connectivity index (χ0) is 11.6. The molecule has 0 bridgehead atoms. The maximum absolute atomic E-state index is 11.6. The van der Waals surface area contributed by atoms with Gasteiger partial charge < -0.3 is 11.1 Å². The molecule has 0 aromatic carbocycles. The van der Waals surface area contributed by atoms with Gasteiger partial charge in [0.15, 0.2) is 0 Å². The normalized spacial score (nSPS) is 12.1. The Morgan fingerprint density at radius 3 is 2.50 bits per heavy atom. The van der Waals surface area contributed by atoms with E-state index in [9.17, 15) is 4.79 Å². The van der Waals surface area contributed by atoms with Gasteiger partial charge in [-0.15, -0.1) is 12.4 Å². The van der Waals surface area contributed by atoms with Crippen LogP contribution in [-0.2, 0) is 11.8 Å². The molecule has 1 atom stereocenters. The standard InChI is InChI=1S/C10H18N4O.ClH/c1-6(2)9(11)10(15)13-8-5-12-14(4)7(8)3;/h5-6,9H,11H2,1-4H3,(H,13,15);1H/t9-;/m0./s1. The van der Waals surface area contributed by atoms with Gasteiger partial charge in [-0.2, -0.15) is 5.10 Å². The zero-order valence-electron chi connectivity index (χ0n) is 10.0. The van der Waals surface area contributed by atoms with Crippen LogP contribution in [0.4, 0.5) is 5.69 Å². The van der Waals surface area contributed by atoms with Crippen molar-refractivity contribution in [1.29, 1.82) is 0 Å². The molecule has 1 aromatic rings. The molecule has 3 N–H and O–H groups in total. The lowest BCUT2D eigenvalue weighted by molar-refractivity contribution is -0.118. The topological polar surface area (TPSA) is 72.9 Å². The number of nitrogens with two attached hydrogens (primary N) is 1. The van der Waals surface area contributed by atoms with Crippen LogP contribution >= 0.6 is 12.4 Å². The van der Waals surface area contributed by atoms with Crippen LogP contribution in [0.1, 0.15) is 19.5 Å². The third-order valence-corrected chi connectivity index (χ3v) is 2.51. The second kappa shape index (κ2) is 5.86. The largest absolute Gasteiger partial charge is 0.322 e. The fraction of sp³-hybridized carbons (Fsp3) is 0.600. The summed E-state index contributed by atoms with van der Waals surface area (Å²) in [5, 5.41) is 6.80. The summed E-state index contributed by atoms with van der Waals surface area (Å²) >= 11 is 0. The highest BCUT2D eigenvalue weighted by Gasteiger charge is 2.18. The molecule has 16 heavy (non-hydrogen) atoms. The van der Waals surface area contributed by atoms with Crippen molar-refractivity contribution >= 4 is 24.0 Å². The molecule has 0 unspecified atom stereocenters. The van der Waals surface area contributed by atoms with Crippen molar-refractivity contribution in [2.24, 2.45) is 18.7 Å². The van der Waals surface area contributed by atoms with Crippen LogP contribution < -0.4 is 11.1 Å². The number of carbonyl (C=O) groups excluding carboxylic acids is 1. The second-order valence-corrected chi connectivity index (χ2v) is 4.03. The van der Waals surface area contributed by atoms with E-state index in [1.165, 1.54) is 0 Å². The Morgan fingerprint density at radius 1 is 1.56 bits per heavy atom. The Hall–Kier alpha value is -1.07. The number of hydrogen-bond acceptors (Lipinski definition) is 3. The Kier molecular flexibility index (Phi) is 5.47. The van der Waals surface area contributed by atoms with Crippen molar-refractivity contribution in [1.82, 2.24) is 9.78 Å². The van der Waals surface area contributed by atoms with Gasteiger partial charge in [-0.05, 0) is 12.8 Å². The number of nitrogens with one attached hydrogen (secondary N) is 1. The average Bonchev–Trinajstić information content (AvgIpc) is 2.48. The highest BCUT2D eigenvalue weighted by molar-refractivity contribution is 5.95. The Labute approximate surface area is 102 Å². The van der Waals surface area contributed by atoms with Crippen LogP contribution in [0.5, 0.6) is 0 Å². The van der Waals surface area contributed by atoms with Gasteiger partial charge >= 0.3 is 0 Å². The van der Waals surface area contributed by atoms with Gasteiger partial charge in [0, 0.05) is 7.05 Å². The predicted octanol–water partition coefficient (Wildman–Crippen LogP) is 1.07. The second-order valence-electron chi connectivity index (χ2n) is 4.03. The monoisotopic (exact) mass is 246 g/mol. The molecule has 0 radical (unpaired) electrons. The van der Waals surface area contributed by atoms with Crippen LogP contribution in [0.3, 0.4) is 0 Å². The minimum Gasteiger partial charge on any atom is -0.322 e. The van der Waals surface area contributed by atoms with E-state index >= 15 is 0 Å². The quantitative estimate of drug-likeness (QED) is 0.838. The van der Waals surface area contributed by atoms with Gasteiger partial charge in [-0.1, -0.05) is 13.8 Å². The summed E-state index contributed by atoms with van der Waals surface area (Å²) in [5.41, 5.74) is 7.36. The van der Waals surface area contributed by atoms with E-state index in [0.29, 0.717) is 0 Å². The molecular weight excluding hydrogens is 228 g/mol. The first kappa shape index (κ1) is 14.9. The van der Waals surface area contributed by atoms with Crippen molar-refractivity contribution < 1.29 is 4.79 Å². The zero-order valence-corrected chi connectivity index (χ0v) is 10.8. The van der Waals surface area contributed by atoms with Gasteiger partial charge in [0.1, 0.15) is 0 Å². The van der Waals surface area contributed by atoms with Crippen LogP contribution in [-0.4, -0.2) is 21.7 Å². The van der Waals surface area contributed by atoms with E-state index < -0.39 is 6.04 Å². The maximum atomic E-state index is 11.6. The summed E-state index contributed by atoms with van der Waals surface area (Å²) in [5.74, 6) is -0.0388. The molecule has 6 heteroatoms. The number of halogens is 1. The Balaban J connectivity index is 0.00000225. The number of carbonyl (C=O) groups is 1. The summed E-state index contributed by atoms with van der Waals surface area (Å²) in [6.07, 6.45) is 1.63. The van der Waals surface area contributed by atoms with Gasteiger partial charge in [0.05, 0.1) is 23.6 Å². The van der Waals surface area contributed by atoms with Gasteiger partial charge in [-0.25, -0.2) is 0 Å². The lowest BCUT2D eigenvalue weighted by Gasteiger charge is -2.14. The molecule has 92 valence electrons. The fourth-order valence-corrected chi connectivity index (χ4v) is 1.14. The molecule has 0 saturated heterocycles. The smallest absolute Gasteiger partial charge is 0.241 e. The number of aryl methyl sites for hydroxylation is 1. The third kappa shape index (κ3) is 3.21. The van der Waals surface area contributed by atoms with Crippen LogP contribution in [0.15, 0.2) is 6.20 Å². The van der Waals surface area contributed by atoms with Gasteiger partial charge in [0.2, 0.25) is 5.91 Å². The lowest BCUT2D eigenvalue weighted by atomic mass is 10.1. The predicted molar refractivity (Wildman–Crippen MR) is 66.6 cm³/mol. The summed E-state index contributed by atoms with van der Waals surface area (Å²) in [6, 6.07) is -0.482. The molecule has 0 aliphatic carbocycles. The van der Waals surface area contributed by atoms with Crippen molar-refractivity contribution in [2.45, 2.75) is 26.8 Å². The molecule has 0 aliphatic rings. The SMILES string of the molecule is Cc1c(NC(=O)[C@@H](N)C(C)C)cnn1C.Cl. The lowest BCUT2D eigenvalue weighted by Crippen LogP contribution is -2.39. The van der Waals surface area contributed by atoms with E-state index in [-0.39, 0.29) is 24.2 Å². The van der Waals surface area contributed by atoms with Gasteiger partial charge in [0.25, 0.3) is 0 Å². The number of aromatic nitrogens is 2. The molecular formula is C10H19ClN4O. The molecule has 0 saturated carbocycles. The number of amides is 1. The third-order valence-electron chi connectivity index (χ3n) is 2.51. The first-order valence-electron chi connectivity index (χ1n) is 4.98. The molecule has 1 heterocycles. The Morgan fingerprint density at radius 2 is 2.12 bits per heavy atom. The summed E-state index contributed by atoms with van der Waals surface area (Å²) in [4.78, 5) is 11.6. The summed E-state index contributed by atoms with van der Waals surface area (Å²) in [7, 11) is 1.83. The van der Waals surface area contributed by atoms with E-state index in [0.717, 1.165) is 11.4 Å². The highest BCUT2D eigenvalue weighted by atomic mass is 35.5. The number of rotatable bonds is 3. The Bertz CT molecular complexity index is 362. The highest BCUT2D eigenvalue weighted by Crippen LogP contribution is 2.13. The van der Waals surface area contributed by atoms with Crippen LogP contribution in [0.25, 0.3) is 0 Å². The number of anilines is 1.